The van der Waals surface area contributed by atoms with Crippen LogP contribution in [-0.4, -0.2) is 56.8 Å². The van der Waals surface area contributed by atoms with Crippen LogP contribution in [0.1, 0.15) is 22.5 Å². The van der Waals surface area contributed by atoms with E-state index in [1.807, 2.05) is 35.4 Å². The fourth-order valence-corrected chi connectivity index (χ4v) is 3.54. The van der Waals surface area contributed by atoms with Gasteiger partial charge in [0.1, 0.15) is 0 Å². The lowest BCUT2D eigenvalue weighted by molar-refractivity contribution is 0.0761. The Bertz CT molecular complexity index is 1050. The van der Waals surface area contributed by atoms with Crippen LogP contribution in [0.4, 0.5) is 0 Å². The largest absolute Gasteiger partial charge is 0.361 e. The van der Waals surface area contributed by atoms with Gasteiger partial charge in [-0.2, -0.15) is 0 Å². The summed E-state index contributed by atoms with van der Waals surface area (Å²) in [5, 5.41) is 1.08. The summed E-state index contributed by atoms with van der Waals surface area (Å²) in [6.45, 7) is 3.26. The SMILES string of the molecule is O=C(c1ccc2cc[nH]c2c1)N1CCCN(Cc2cc(=O)[nH]c(=O)[nH]2)CC1. The fourth-order valence-electron chi connectivity index (χ4n) is 3.54. The zero-order chi connectivity index (χ0) is 18.8. The topological polar surface area (TPSA) is 105 Å². The van der Waals surface area contributed by atoms with E-state index in [-0.39, 0.29) is 5.91 Å². The molecule has 0 saturated carbocycles. The maximum atomic E-state index is 12.9. The van der Waals surface area contributed by atoms with E-state index in [0.717, 1.165) is 23.9 Å². The molecule has 1 saturated heterocycles. The van der Waals surface area contributed by atoms with Crippen LogP contribution in [0.25, 0.3) is 10.9 Å². The Labute approximate surface area is 154 Å². The molecule has 1 amide bonds. The highest BCUT2D eigenvalue weighted by Gasteiger charge is 2.21. The minimum Gasteiger partial charge on any atom is -0.361 e. The van der Waals surface area contributed by atoms with Gasteiger partial charge in [0.2, 0.25) is 0 Å². The van der Waals surface area contributed by atoms with Gasteiger partial charge in [-0.1, -0.05) is 6.07 Å². The van der Waals surface area contributed by atoms with Crippen LogP contribution in [0.3, 0.4) is 0 Å². The van der Waals surface area contributed by atoms with Crippen LogP contribution in [0, 0.1) is 0 Å². The summed E-state index contributed by atoms with van der Waals surface area (Å²) in [4.78, 5) is 47.7. The number of nitrogens with zero attached hydrogens (tertiary/aromatic N) is 2. The Kier molecular flexibility index (Phi) is 4.64. The average molecular weight is 367 g/mol. The predicted octanol–water partition coefficient (Wildman–Crippen LogP) is 0.893. The number of carbonyl (C=O) groups is 1. The van der Waals surface area contributed by atoms with Gasteiger partial charge in [0.15, 0.2) is 0 Å². The van der Waals surface area contributed by atoms with E-state index in [2.05, 4.69) is 19.9 Å². The molecule has 0 bridgehead atoms. The molecule has 2 aromatic heterocycles. The average Bonchev–Trinajstić information content (AvgIpc) is 2.98. The highest BCUT2D eigenvalue weighted by Crippen LogP contribution is 2.17. The monoisotopic (exact) mass is 367 g/mol. The zero-order valence-electron chi connectivity index (χ0n) is 14.8. The first kappa shape index (κ1) is 17.3. The molecule has 0 radical (unpaired) electrons. The lowest BCUT2D eigenvalue weighted by atomic mass is 10.1. The number of H-pyrrole nitrogens is 3. The van der Waals surface area contributed by atoms with Crippen molar-refractivity contribution in [2.75, 3.05) is 26.2 Å². The van der Waals surface area contributed by atoms with Crippen molar-refractivity contribution in [3.05, 3.63) is 68.6 Å². The number of fused-ring (bicyclic) bond motifs is 1. The minimum absolute atomic E-state index is 0.0258. The second-order valence-corrected chi connectivity index (χ2v) is 6.81. The molecular formula is C19H21N5O3. The first-order valence-corrected chi connectivity index (χ1v) is 9.00. The lowest BCUT2D eigenvalue weighted by Crippen LogP contribution is -2.35. The number of aromatic amines is 3. The Morgan fingerprint density at radius 3 is 2.74 bits per heavy atom. The van der Waals surface area contributed by atoms with Gasteiger partial charge in [-0.3, -0.25) is 19.5 Å². The summed E-state index contributed by atoms with van der Waals surface area (Å²) in [5.74, 6) is 0.0258. The van der Waals surface area contributed by atoms with E-state index in [1.165, 1.54) is 6.07 Å². The third-order valence-corrected chi connectivity index (χ3v) is 4.89. The smallest absolute Gasteiger partial charge is 0.325 e. The summed E-state index contributed by atoms with van der Waals surface area (Å²) >= 11 is 0. The van der Waals surface area contributed by atoms with Crippen LogP contribution in [0.2, 0.25) is 0 Å². The van der Waals surface area contributed by atoms with Gasteiger partial charge in [-0.05, 0) is 30.0 Å². The van der Waals surface area contributed by atoms with Crippen molar-refractivity contribution in [1.82, 2.24) is 24.8 Å². The Hall–Kier alpha value is -3.13. The van der Waals surface area contributed by atoms with Crippen molar-refractivity contribution in [2.45, 2.75) is 13.0 Å². The quantitative estimate of drug-likeness (QED) is 0.639. The van der Waals surface area contributed by atoms with E-state index in [0.29, 0.717) is 37.4 Å². The summed E-state index contributed by atoms with van der Waals surface area (Å²) in [6, 6.07) is 9.09. The molecule has 8 heteroatoms. The Morgan fingerprint density at radius 1 is 1.00 bits per heavy atom. The lowest BCUT2D eigenvalue weighted by Gasteiger charge is -2.22. The van der Waals surface area contributed by atoms with Crippen LogP contribution >= 0.6 is 0 Å². The van der Waals surface area contributed by atoms with Gasteiger partial charge in [0, 0.05) is 61.8 Å². The molecule has 1 aliphatic rings. The molecular weight excluding hydrogens is 346 g/mol. The highest BCUT2D eigenvalue weighted by atomic mass is 16.2. The van der Waals surface area contributed by atoms with Gasteiger partial charge in [-0.15, -0.1) is 0 Å². The van der Waals surface area contributed by atoms with Gasteiger partial charge in [-0.25, -0.2) is 4.79 Å². The number of amides is 1. The third kappa shape index (κ3) is 3.85. The van der Waals surface area contributed by atoms with Crippen LogP contribution in [0.15, 0.2) is 46.1 Å². The summed E-state index contributed by atoms with van der Waals surface area (Å²) < 4.78 is 0. The molecule has 1 fully saturated rings. The number of hydrogen-bond acceptors (Lipinski definition) is 4. The molecule has 3 heterocycles. The normalized spacial score (nSPS) is 15.8. The maximum Gasteiger partial charge on any atom is 0.325 e. The first-order valence-electron chi connectivity index (χ1n) is 9.00. The fraction of sp³-hybridized carbons (Fsp3) is 0.316. The third-order valence-electron chi connectivity index (χ3n) is 4.89. The van der Waals surface area contributed by atoms with E-state index in [9.17, 15) is 14.4 Å². The standard InChI is InChI=1S/C19H21N5O3/c25-17-11-15(21-19(27)22-17)12-23-6-1-7-24(9-8-23)18(26)14-3-2-13-4-5-20-16(13)10-14/h2-5,10-11,20H,1,6-9,12H2,(H2,21,22,25,27). The van der Waals surface area contributed by atoms with E-state index < -0.39 is 11.2 Å². The van der Waals surface area contributed by atoms with Crippen molar-refractivity contribution in [2.24, 2.45) is 0 Å². The molecule has 0 aliphatic carbocycles. The number of carbonyl (C=O) groups excluding carboxylic acids is 1. The van der Waals surface area contributed by atoms with Gasteiger partial charge >= 0.3 is 5.69 Å². The van der Waals surface area contributed by atoms with E-state index in [4.69, 9.17) is 0 Å². The molecule has 1 aromatic carbocycles. The van der Waals surface area contributed by atoms with Crippen molar-refractivity contribution in [1.29, 1.82) is 0 Å². The number of rotatable bonds is 3. The summed E-state index contributed by atoms with van der Waals surface area (Å²) in [7, 11) is 0. The number of aromatic nitrogens is 3. The first-order chi connectivity index (χ1) is 13.1. The number of benzene rings is 1. The molecule has 1 aliphatic heterocycles. The summed E-state index contributed by atoms with van der Waals surface area (Å²) in [6.07, 6.45) is 2.70. The van der Waals surface area contributed by atoms with Crippen molar-refractivity contribution in [3.63, 3.8) is 0 Å². The maximum absolute atomic E-state index is 12.9. The van der Waals surface area contributed by atoms with Crippen molar-refractivity contribution in [3.8, 4) is 0 Å². The van der Waals surface area contributed by atoms with E-state index in [1.54, 1.807) is 0 Å². The van der Waals surface area contributed by atoms with Crippen molar-refractivity contribution < 1.29 is 4.79 Å². The van der Waals surface area contributed by atoms with Crippen molar-refractivity contribution >= 4 is 16.8 Å². The van der Waals surface area contributed by atoms with Crippen LogP contribution < -0.4 is 11.2 Å². The van der Waals surface area contributed by atoms with Gasteiger partial charge in [0.25, 0.3) is 11.5 Å². The molecule has 4 rings (SSSR count). The number of nitrogens with one attached hydrogen (secondary N) is 3. The molecule has 140 valence electrons. The van der Waals surface area contributed by atoms with E-state index >= 15 is 0 Å². The molecule has 0 spiro atoms. The molecule has 0 atom stereocenters. The minimum atomic E-state index is -0.496. The second-order valence-electron chi connectivity index (χ2n) is 6.81. The molecule has 0 unspecified atom stereocenters. The zero-order valence-corrected chi connectivity index (χ0v) is 14.8. The van der Waals surface area contributed by atoms with Gasteiger partial charge in [0.05, 0.1) is 0 Å². The molecule has 3 N–H and O–H groups in total. The predicted molar refractivity (Wildman–Crippen MR) is 102 cm³/mol. The summed E-state index contributed by atoms with van der Waals surface area (Å²) in [5.41, 5.74) is 1.32. The van der Waals surface area contributed by atoms with Crippen LogP contribution in [-0.2, 0) is 6.54 Å². The molecule has 27 heavy (non-hydrogen) atoms. The number of hydrogen-bond donors (Lipinski definition) is 3. The highest BCUT2D eigenvalue weighted by molar-refractivity contribution is 5.97. The second kappa shape index (κ2) is 7.24. The van der Waals surface area contributed by atoms with Crippen LogP contribution in [0.5, 0.6) is 0 Å². The Morgan fingerprint density at radius 2 is 1.89 bits per heavy atom. The molecule has 8 nitrogen and oxygen atoms in total. The van der Waals surface area contributed by atoms with Gasteiger partial charge < -0.3 is 14.9 Å². The Balaban J connectivity index is 1.43. The molecule has 3 aromatic rings.